The number of carbonyl (C=O) groups is 1. The molecule has 2 aliphatic rings. The Kier molecular flexibility index (Phi) is 6.09. The van der Waals surface area contributed by atoms with Crippen LogP contribution in [0.3, 0.4) is 0 Å². The van der Waals surface area contributed by atoms with Crippen molar-refractivity contribution in [2.24, 2.45) is 0 Å². The minimum atomic E-state index is -0.319. The van der Waals surface area contributed by atoms with E-state index in [0.29, 0.717) is 37.4 Å². The summed E-state index contributed by atoms with van der Waals surface area (Å²) in [6.07, 6.45) is 3.85. The van der Waals surface area contributed by atoms with Gasteiger partial charge in [-0.05, 0) is 43.4 Å². The lowest BCUT2D eigenvalue weighted by Gasteiger charge is -2.27. The number of carbonyl (C=O) groups excluding carboxylic acids is 1. The number of nitrogens with one attached hydrogen (secondary N) is 1. The van der Waals surface area contributed by atoms with E-state index in [2.05, 4.69) is 5.32 Å². The zero-order valence-electron chi connectivity index (χ0n) is 14.6. The van der Waals surface area contributed by atoms with E-state index in [-0.39, 0.29) is 24.7 Å². The summed E-state index contributed by atoms with van der Waals surface area (Å²) in [5.41, 5.74) is 1.45. The third-order valence-corrected chi connectivity index (χ3v) is 4.52. The van der Waals surface area contributed by atoms with Crippen molar-refractivity contribution >= 4 is 6.03 Å². The number of fused-ring (bicyclic) bond motifs is 1. The summed E-state index contributed by atoms with van der Waals surface area (Å²) in [5.74, 6) is 0.353. The summed E-state index contributed by atoms with van der Waals surface area (Å²) in [4.78, 5) is 13.8. The molecule has 0 aliphatic carbocycles. The molecule has 2 amide bonds. The summed E-state index contributed by atoms with van der Waals surface area (Å²) in [6, 6.07) is 2.73. The Labute approximate surface area is 147 Å². The normalized spacial score (nSPS) is 19.7. The predicted octanol–water partition coefficient (Wildman–Crippen LogP) is 2.45. The molecule has 1 unspecified atom stereocenters. The highest BCUT2D eigenvalue weighted by atomic mass is 19.1. The van der Waals surface area contributed by atoms with Crippen molar-refractivity contribution in [2.75, 3.05) is 33.5 Å². The molecule has 1 fully saturated rings. The van der Waals surface area contributed by atoms with Crippen molar-refractivity contribution in [3.8, 4) is 5.75 Å². The Balaban J connectivity index is 1.49. The molecule has 0 radical (unpaired) electrons. The van der Waals surface area contributed by atoms with Crippen LogP contribution in [0, 0.1) is 5.82 Å². The molecule has 6 nitrogen and oxygen atoms in total. The van der Waals surface area contributed by atoms with Gasteiger partial charge < -0.3 is 24.4 Å². The van der Waals surface area contributed by atoms with Crippen molar-refractivity contribution in [1.82, 2.24) is 10.2 Å². The lowest BCUT2D eigenvalue weighted by atomic mass is 10.1. The summed E-state index contributed by atoms with van der Waals surface area (Å²) >= 11 is 0. The van der Waals surface area contributed by atoms with Crippen LogP contribution in [0.1, 0.15) is 30.4 Å². The van der Waals surface area contributed by atoms with Gasteiger partial charge in [-0.1, -0.05) is 0 Å². The van der Waals surface area contributed by atoms with Gasteiger partial charge in [-0.25, -0.2) is 9.18 Å². The Morgan fingerprint density at radius 2 is 2.28 bits per heavy atom. The maximum atomic E-state index is 13.7. The van der Waals surface area contributed by atoms with Gasteiger partial charge in [0.05, 0.1) is 12.7 Å². The van der Waals surface area contributed by atoms with Gasteiger partial charge in [0.15, 0.2) is 6.79 Å². The van der Waals surface area contributed by atoms with Gasteiger partial charge in [0.1, 0.15) is 11.6 Å². The third kappa shape index (κ3) is 4.83. The molecular weight excluding hydrogens is 327 g/mol. The quantitative estimate of drug-likeness (QED) is 0.884. The number of halogens is 1. The molecule has 2 heterocycles. The molecular formula is C18H25FN2O4. The highest BCUT2D eigenvalue weighted by Crippen LogP contribution is 2.29. The SMILES string of the molecule is CN(CC1CCCCO1)C(=O)NCCc1cc(F)cc2c1OCOC2. The largest absolute Gasteiger partial charge is 0.467 e. The second-order valence-electron chi connectivity index (χ2n) is 6.51. The zero-order valence-corrected chi connectivity index (χ0v) is 14.6. The van der Waals surface area contributed by atoms with Gasteiger partial charge in [-0.2, -0.15) is 0 Å². The van der Waals surface area contributed by atoms with Crippen molar-refractivity contribution in [1.29, 1.82) is 0 Å². The van der Waals surface area contributed by atoms with Crippen LogP contribution in [0.25, 0.3) is 0 Å². The molecule has 1 aromatic carbocycles. The fourth-order valence-electron chi connectivity index (χ4n) is 3.22. The first kappa shape index (κ1) is 17.9. The smallest absolute Gasteiger partial charge is 0.317 e. The number of urea groups is 1. The number of ether oxygens (including phenoxy) is 3. The molecule has 1 saturated heterocycles. The second-order valence-corrected chi connectivity index (χ2v) is 6.51. The molecule has 7 heteroatoms. The molecule has 2 aliphatic heterocycles. The number of nitrogens with zero attached hydrogens (tertiary/aromatic N) is 1. The molecule has 0 bridgehead atoms. The van der Waals surface area contributed by atoms with Crippen molar-refractivity contribution < 1.29 is 23.4 Å². The molecule has 1 atom stereocenters. The molecule has 0 spiro atoms. The molecule has 3 rings (SSSR count). The second kappa shape index (κ2) is 8.49. The molecule has 138 valence electrons. The fourth-order valence-corrected chi connectivity index (χ4v) is 3.22. The summed E-state index contributed by atoms with van der Waals surface area (Å²) < 4.78 is 30.0. The Morgan fingerprint density at radius 1 is 1.40 bits per heavy atom. The first-order valence-corrected chi connectivity index (χ1v) is 8.76. The van der Waals surface area contributed by atoms with Gasteiger partial charge in [0.2, 0.25) is 0 Å². The zero-order chi connectivity index (χ0) is 17.6. The topological polar surface area (TPSA) is 60.0 Å². The lowest BCUT2D eigenvalue weighted by molar-refractivity contribution is -0.0172. The van der Waals surface area contributed by atoms with Crippen LogP contribution in [0.15, 0.2) is 12.1 Å². The van der Waals surface area contributed by atoms with Crippen LogP contribution in [0.5, 0.6) is 5.75 Å². The van der Waals surface area contributed by atoms with E-state index in [1.165, 1.54) is 12.1 Å². The summed E-state index contributed by atoms with van der Waals surface area (Å²) in [6.45, 7) is 2.28. The lowest BCUT2D eigenvalue weighted by Crippen LogP contribution is -2.43. The molecule has 1 aromatic rings. The Morgan fingerprint density at radius 3 is 3.08 bits per heavy atom. The van der Waals surface area contributed by atoms with Crippen molar-refractivity contribution in [3.63, 3.8) is 0 Å². The van der Waals surface area contributed by atoms with Gasteiger partial charge in [-0.3, -0.25) is 0 Å². The van der Waals surface area contributed by atoms with E-state index in [4.69, 9.17) is 14.2 Å². The predicted molar refractivity (Wildman–Crippen MR) is 90.0 cm³/mol. The number of benzene rings is 1. The summed E-state index contributed by atoms with van der Waals surface area (Å²) in [7, 11) is 1.76. The first-order chi connectivity index (χ1) is 12.1. The van der Waals surface area contributed by atoms with E-state index in [1.807, 2.05) is 0 Å². The van der Waals surface area contributed by atoms with Crippen LogP contribution >= 0.6 is 0 Å². The first-order valence-electron chi connectivity index (χ1n) is 8.76. The number of hydrogen-bond acceptors (Lipinski definition) is 4. The van der Waals surface area contributed by atoms with E-state index in [0.717, 1.165) is 31.4 Å². The number of hydrogen-bond donors (Lipinski definition) is 1. The van der Waals surface area contributed by atoms with Gasteiger partial charge in [-0.15, -0.1) is 0 Å². The highest BCUT2D eigenvalue weighted by molar-refractivity contribution is 5.73. The number of rotatable bonds is 5. The van der Waals surface area contributed by atoms with Crippen LogP contribution in [0.2, 0.25) is 0 Å². The summed E-state index contributed by atoms with van der Waals surface area (Å²) in [5, 5.41) is 2.87. The average Bonchev–Trinajstić information content (AvgIpc) is 2.62. The molecule has 0 aromatic heterocycles. The van der Waals surface area contributed by atoms with E-state index in [9.17, 15) is 9.18 Å². The van der Waals surface area contributed by atoms with Crippen LogP contribution in [-0.4, -0.2) is 50.6 Å². The van der Waals surface area contributed by atoms with Gasteiger partial charge in [0.25, 0.3) is 0 Å². The number of amides is 2. The maximum Gasteiger partial charge on any atom is 0.317 e. The number of likely N-dealkylation sites (N-methyl/N-ethyl adjacent to an activating group) is 1. The monoisotopic (exact) mass is 352 g/mol. The average molecular weight is 352 g/mol. The van der Waals surface area contributed by atoms with E-state index in [1.54, 1.807) is 11.9 Å². The van der Waals surface area contributed by atoms with Crippen LogP contribution < -0.4 is 10.1 Å². The van der Waals surface area contributed by atoms with Crippen molar-refractivity contribution in [2.45, 2.75) is 38.4 Å². The van der Waals surface area contributed by atoms with Crippen molar-refractivity contribution in [3.05, 3.63) is 29.1 Å². The molecule has 1 N–H and O–H groups in total. The minimum Gasteiger partial charge on any atom is -0.467 e. The van der Waals surface area contributed by atoms with E-state index >= 15 is 0 Å². The van der Waals surface area contributed by atoms with Gasteiger partial charge in [0, 0.05) is 32.3 Å². The molecule has 25 heavy (non-hydrogen) atoms. The minimum absolute atomic E-state index is 0.119. The standard InChI is InChI=1S/C18H25FN2O4/c1-21(10-16-4-2-3-7-24-16)18(22)20-6-5-13-8-15(19)9-14-11-23-12-25-17(13)14/h8-9,16H,2-7,10-12H2,1H3,(H,20,22). The van der Waals surface area contributed by atoms with E-state index < -0.39 is 0 Å². The van der Waals surface area contributed by atoms with Crippen LogP contribution in [0.4, 0.5) is 9.18 Å². The maximum absolute atomic E-state index is 13.7. The highest BCUT2D eigenvalue weighted by Gasteiger charge is 2.20. The Hall–Kier alpha value is -1.86. The third-order valence-electron chi connectivity index (χ3n) is 4.52. The van der Waals surface area contributed by atoms with Gasteiger partial charge >= 0.3 is 6.03 Å². The molecule has 0 saturated carbocycles. The fraction of sp³-hybridized carbons (Fsp3) is 0.611. The Bertz CT molecular complexity index is 605. The van der Waals surface area contributed by atoms with Crippen LogP contribution in [-0.2, 0) is 22.5 Å².